The molecule has 2 aromatic heterocycles. The van der Waals surface area contributed by atoms with Crippen molar-refractivity contribution in [2.75, 3.05) is 5.32 Å². The Hall–Kier alpha value is -3.39. The molecule has 0 fully saturated rings. The lowest BCUT2D eigenvalue weighted by molar-refractivity contribution is 1.04. The number of halogens is 3. The molecule has 0 radical (unpaired) electrons. The lowest BCUT2D eigenvalue weighted by Crippen LogP contribution is -2.22. The van der Waals surface area contributed by atoms with Crippen molar-refractivity contribution >= 4 is 72.1 Å². The van der Waals surface area contributed by atoms with Gasteiger partial charge in [-0.1, -0.05) is 42.0 Å². The van der Waals surface area contributed by atoms with Crippen molar-refractivity contribution < 1.29 is 0 Å². The third-order valence-corrected chi connectivity index (χ3v) is 4.89. The minimum atomic E-state index is 0. The number of aliphatic imine (C=N–C) groups is 1. The summed E-state index contributed by atoms with van der Waals surface area (Å²) in [4.78, 5) is 17.8. The van der Waals surface area contributed by atoms with Crippen LogP contribution in [-0.2, 0) is 13.1 Å². The Balaban J connectivity index is 0.00000204. The van der Waals surface area contributed by atoms with E-state index in [1.54, 1.807) is 6.20 Å². The van der Waals surface area contributed by atoms with E-state index in [2.05, 4.69) is 46.5 Å². The zero-order chi connectivity index (χ0) is 22.3. The molecule has 0 aliphatic carbocycles. The zero-order valence-corrected chi connectivity index (χ0v) is 21.5. The molecule has 2 heterocycles. The van der Waals surface area contributed by atoms with Crippen molar-refractivity contribution in [3.63, 3.8) is 0 Å². The fourth-order valence-corrected chi connectivity index (χ4v) is 3.23. The van der Waals surface area contributed by atoms with Crippen LogP contribution in [0.5, 0.6) is 0 Å². The van der Waals surface area contributed by atoms with Gasteiger partial charge in [0.05, 0.1) is 17.8 Å². The molecule has 5 N–H and O–H groups in total. The average molecular weight is 533 g/mol. The van der Waals surface area contributed by atoms with E-state index in [1.165, 1.54) is 0 Å². The van der Waals surface area contributed by atoms with Crippen molar-refractivity contribution in [2.24, 2.45) is 16.5 Å². The van der Waals surface area contributed by atoms with Crippen molar-refractivity contribution in [2.45, 2.75) is 20.0 Å². The van der Waals surface area contributed by atoms with Gasteiger partial charge < -0.3 is 16.8 Å². The fourth-order valence-electron chi connectivity index (χ4n) is 3.23. The number of aryl methyl sites for hydroxylation is 1. The van der Waals surface area contributed by atoms with Crippen LogP contribution >= 0.6 is 37.2 Å². The molecule has 0 saturated heterocycles. The number of fused-ring (bicyclic) bond motifs is 1. The smallest absolute Gasteiger partial charge is 0.186 e. The van der Waals surface area contributed by atoms with Gasteiger partial charge in [0.2, 0.25) is 0 Å². The summed E-state index contributed by atoms with van der Waals surface area (Å²) in [6, 6.07) is 20.1. The summed E-state index contributed by atoms with van der Waals surface area (Å²) in [5.41, 5.74) is 15.9. The second-order valence-electron chi connectivity index (χ2n) is 7.45. The van der Waals surface area contributed by atoms with E-state index in [-0.39, 0.29) is 43.2 Å². The molecule has 0 aliphatic heterocycles. The van der Waals surface area contributed by atoms with E-state index in [1.807, 2.05) is 48.6 Å². The number of hydrogen-bond donors (Lipinski definition) is 3. The summed E-state index contributed by atoms with van der Waals surface area (Å²) in [5.74, 6) is 1.51. The molecular formula is C25H28Cl3N7. The molecule has 4 rings (SSSR count). The molecule has 2 aromatic carbocycles. The Bertz CT molecular complexity index is 1270. The first-order chi connectivity index (χ1) is 15.6. The number of guanidine groups is 1. The zero-order valence-electron chi connectivity index (χ0n) is 19.1. The van der Waals surface area contributed by atoms with Gasteiger partial charge in [0, 0.05) is 18.1 Å². The Morgan fingerprint density at radius 2 is 1.66 bits per heavy atom. The van der Waals surface area contributed by atoms with Crippen LogP contribution in [0.2, 0.25) is 0 Å². The van der Waals surface area contributed by atoms with Gasteiger partial charge in [0.15, 0.2) is 11.8 Å². The Labute approximate surface area is 223 Å². The van der Waals surface area contributed by atoms with Gasteiger partial charge in [-0.2, -0.15) is 0 Å². The Kier molecular flexibility index (Phi) is 12.0. The second kappa shape index (κ2) is 14.1. The van der Waals surface area contributed by atoms with Gasteiger partial charge >= 0.3 is 0 Å². The largest absolute Gasteiger partial charge is 0.370 e. The van der Waals surface area contributed by atoms with Crippen LogP contribution in [0.1, 0.15) is 28.2 Å². The fraction of sp³-hybridized carbons (Fsp3) is 0.120. The van der Waals surface area contributed by atoms with Crippen molar-refractivity contribution in [3.8, 4) is 0 Å². The van der Waals surface area contributed by atoms with E-state index in [0.717, 1.165) is 39.1 Å². The second-order valence-corrected chi connectivity index (χ2v) is 7.45. The number of benzene rings is 2. The van der Waals surface area contributed by atoms with Crippen molar-refractivity contribution in [1.82, 2.24) is 15.0 Å². The molecule has 0 amide bonds. The monoisotopic (exact) mass is 531 g/mol. The molecule has 0 aliphatic rings. The Morgan fingerprint density at radius 1 is 0.914 bits per heavy atom. The molecule has 10 heteroatoms. The van der Waals surface area contributed by atoms with E-state index >= 15 is 0 Å². The summed E-state index contributed by atoms with van der Waals surface area (Å²) in [5, 5.41) is 4.46. The maximum Gasteiger partial charge on any atom is 0.186 e. The lowest BCUT2D eigenvalue weighted by atomic mass is 10.1. The van der Waals surface area contributed by atoms with E-state index in [9.17, 15) is 0 Å². The van der Waals surface area contributed by atoms with Crippen LogP contribution in [0.4, 0.5) is 5.82 Å². The predicted octanol–water partition coefficient (Wildman–Crippen LogP) is 5.15. The van der Waals surface area contributed by atoms with Crippen LogP contribution in [0.15, 0.2) is 71.9 Å². The van der Waals surface area contributed by atoms with Gasteiger partial charge in [-0.25, -0.2) is 15.0 Å². The normalized spacial score (nSPS) is 10.1. The SMILES string of the molecule is Cc1ccc2nc(C=Cc3ccccn3)nc(NCc3ccc(CN=C(N)N)cc3)c2c1.Cl.Cl.Cl. The Morgan fingerprint density at radius 3 is 2.34 bits per heavy atom. The van der Waals surface area contributed by atoms with E-state index in [0.29, 0.717) is 18.9 Å². The van der Waals surface area contributed by atoms with Gasteiger partial charge in [-0.15, -0.1) is 37.2 Å². The molecule has 4 aromatic rings. The van der Waals surface area contributed by atoms with Crippen molar-refractivity contribution in [3.05, 3.63) is 95.1 Å². The molecule has 0 bridgehead atoms. The number of nitrogens with one attached hydrogen (secondary N) is 1. The first-order valence-electron chi connectivity index (χ1n) is 10.3. The van der Waals surface area contributed by atoms with Gasteiger partial charge in [-0.3, -0.25) is 4.98 Å². The number of nitrogens with zero attached hydrogens (tertiary/aromatic N) is 4. The number of anilines is 1. The molecule has 0 spiro atoms. The minimum absolute atomic E-state index is 0. The first-order valence-corrected chi connectivity index (χ1v) is 10.3. The number of hydrogen-bond acceptors (Lipinski definition) is 5. The van der Waals surface area contributed by atoms with Crippen LogP contribution < -0.4 is 16.8 Å². The molecule has 184 valence electrons. The van der Waals surface area contributed by atoms with Crippen LogP contribution in [-0.4, -0.2) is 20.9 Å². The molecule has 35 heavy (non-hydrogen) atoms. The standard InChI is InChI=1S/C25H25N7.3ClH/c1-17-5-11-22-21(14-17)24(32-23(31-22)12-10-20-4-2-3-13-28-20)29-15-18-6-8-19(9-7-18)16-30-25(26)27;;;/h2-14H,15-16H2,1H3,(H4,26,27,30)(H,29,31,32);3*1H. The maximum absolute atomic E-state index is 5.40. The summed E-state index contributed by atoms with van der Waals surface area (Å²) in [6.45, 7) is 3.16. The average Bonchev–Trinajstić information content (AvgIpc) is 2.81. The highest BCUT2D eigenvalue weighted by Gasteiger charge is 2.07. The maximum atomic E-state index is 5.40. The van der Waals surface area contributed by atoms with Gasteiger partial charge in [-0.05, 0) is 54.5 Å². The highest BCUT2D eigenvalue weighted by molar-refractivity contribution is 5.90. The third kappa shape index (κ3) is 8.40. The number of aromatic nitrogens is 3. The molecule has 0 unspecified atom stereocenters. The molecule has 0 saturated carbocycles. The minimum Gasteiger partial charge on any atom is -0.370 e. The topological polar surface area (TPSA) is 115 Å². The highest BCUT2D eigenvalue weighted by atomic mass is 35.5. The van der Waals surface area contributed by atoms with Crippen LogP contribution in [0.25, 0.3) is 23.1 Å². The summed E-state index contributed by atoms with van der Waals surface area (Å²) in [7, 11) is 0. The van der Waals surface area contributed by atoms with Crippen LogP contribution in [0, 0.1) is 6.92 Å². The predicted molar refractivity (Wildman–Crippen MR) is 152 cm³/mol. The summed E-state index contributed by atoms with van der Waals surface area (Å²) < 4.78 is 0. The summed E-state index contributed by atoms with van der Waals surface area (Å²) >= 11 is 0. The summed E-state index contributed by atoms with van der Waals surface area (Å²) in [6.07, 6.45) is 5.55. The first kappa shape index (κ1) is 29.6. The number of rotatable bonds is 7. The number of nitrogens with two attached hydrogens (primary N) is 2. The van der Waals surface area contributed by atoms with Crippen LogP contribution in [0.3, 0.4) is 0 Å². The lowest BCUT2D eigenvalue weighted by Gasteiger charge is -2.11. The molecular weight excluding hydrogens is 505 g/mol. The van der Waals surface area contributed by atoms with Crippen molar-refractivity contribution in [1.29, 1.82) is 0 Å². The molecule has 7 nitrogen and oxygen atoms in total. The third-order valence-electron chi connectivity index (χ3n) is 4.89. The molecule has 0 atom stereocenters. The number of pyridine rings is 1. The highest BCUT2D eigenvalue weighted by Crippen LogP contribution is 2.23. The van der Waals surface area contributed by atoms with E-state index in [4.69, 9.17) is 21.4 Å². The quantitative estimate of drug-likeness (QED) is 0.224. The van der Waals surface area contributed by atoms with E-state index < -0.39 is 0 Å². The van der Waals surface area contributed by atoms with Gasteiger partial charge in [0.1, 0.15) is 5.82 Å². The van der Waals surface area contributed by atoms with Gasteiger partial charge in [0.25, 0.3) is 0 Å².